The number of benzene rings is 3. The van der Waals surface area contributed by atoms with E-state index in [1.54, 1.807) is 0 Å². The Labute approximate surface area is 335 Å². The first kappa shape index (κ1) is 39.1. The molecule has 0 radical (unpaired) electrons. The summed E-state index contributed by atoms with van der Waals surface area (Å²) in [5, 5.41) is 27.6. The van der Waals surface area contributed by atoms with Gasteiger partial charge in [0.15, 0.2) is 5.78 Å². The van der Waals surface area contributed by atoms with Gasteiger partial charge in [-0.2, -0.15) is 0 Å². The third-order valence-corrected chi connectivity index (χ3v) is 15.0. The Bertz CT molecular complexity index is 1900. The molecule has 6 bridgehead atoms. The number of aliphatic hydroxyl groups excluding tert-OH is 1. The van der Waals surface area contributed by atoms with Crippen LogP contribution in [0, 0.1) is 28.6 Å². The van der Waals surface area contributed by atoms with Crippen molar-refractivity contribution in [3.05, 3.63) is 107 Å². The van der Waals surface area contributed by atoms with Gasteiger partial charge >= 0.3 is 6.03 Å². The molecule has 3 aromatic carbocycles. The van der Waals surface area contributed by atoms with Crippen molar-refractivity contribution in [1.29, 1.82) is 0 Å². The summed E-state index contributed by atoms with van der Waals surface area (Å²) < 4.78 is 0. The highest BCUT2D eigenvalue weighted by Gasteiger charge is 2.59. The number of ketones is 1. The highest BCUT2D eigenvalue weighted by atomic mass is 16.3. The molecule has 2 amide bonds. The normalized spacial score (nSPS) is 32.5. The molecule has 6 heteroatoms. The van der Waals surface area contributed by atoms with Crippen LogP contribution in [0.1, 0.15) is 138 Å². The molecule has 0 unspecified atom stereocenters. The van der Waals surface area contributed by atoms with Crippen molar-refractivity contribution in [2.24, 2.45) is 28.6 Å². The third kappa shape index (κ3) is 7.77. The first-order valence-corrected chi connectivity index (χ1v) is 21.8. The number of urea groups is 1. The molecule has 0 aliphatic heterocycles. The van der Waals surface area contributed by atoms with Crippen LogP contribution < -0.4 is 5.32 Å². The molecule has 6 nitrogen and oxygen atoms in total. The van der Waals surface area contributed by atoms with Gasteiger partial charge in [-0.15, -0.1) is 0 Å². The lowest BCUT2D eigenvalue weighted by Gasteiger charge is -2.58. The molecule has 3 aromatic rings. The van der Waals surface area contributed by atoms with Crippen molar-refractivity contribution < 1.29 is 19.8 Å². The number of nitrogens with one attached hydrogen (secondary N) is 1. The number of amides is 2. The molecular weight excluding hydrogens is 693 g/mol. The van der Waals surface area contributed by atoms with E-state index in [0.717, 1.165) is 65.7 Å². The lowest BCUT2D eigenvalue weighted by Crippen LogP contribution is -2.59. The molecule has 0 aromatic heterocycles. The summed E-state index contributed by atoms with van der Waals surface area (Å²) in [7, 11) is 0. The summed E-state index contributed by atoms with van der Waals surface area (Å²) in [4.78, 5) is 31.0. The molecule has 56 heavy (non-hydrogen) atoms. The molecule has 7 aliphatic rings. The first-order chi connectivity index (χ1) is 26.8. The number of carbonyl (C=O) groups excluding carboxylic acids is 2. The van der Waals surface area contributed by atoms with E-state index >= 15 is 0 Å². The summed E-state index contributed by atoms with van der Waals surface area (Å²) in [5.41, 5.74) is 5.00. The van der Waals surface area contributed by atoms with Gasteiger partial charge in [-0.25, -0.2) is 4.79 Å². The minimum atomic E-state index is -1.15. The number of carbonyl (C=O) groups is 2. The fourth-order valence-electron chi connectivity index (χ4n) is 12.5. The van der Waals surface area contributed by atoms with Crippen molar-refractivity contribution >= 4 is 11.8 Å². The molecule has 0 saturated heterocycles. The lowest BCUT2D eigenvalue weighted by molar-refractivity contribution is -0.0985. The van der Waals surface area contributed by atoms with Crippen molar-refractivity contribution in [2.75, 3.05) is 13.1 Å². The van der Waals surface area contributed by atoms with E-state index in [9.17, 15) is 19.8 Å². The van der Waals surface area contributed by atoms with Gasteiger partial charge in [0.05, 0.1) is 18.2 Å². The van der Waals surface area contributed by atoms with Crippen LogP contribution in [-0.2, 0) is 6.42 Å². The van der Waals surface area contributed by atoms with Crippen LogP contribution in [0.3, 0.4) is 0 Å². The van der Waals surface area contributed by atoms with Crippen molar-refractivity contribution in [3.8, 4) is 11.1 Å². The second kappa shape index (κ2) is 15.5. The number of allylic oxidation sites excluding steroid dienone is 2. The van der Waals surface area contributed by atoms with Crippen molar-refractivity contribution in [1.82, 2.24) is 10.2 Å². The Morgan fingerprint density at radius 3 is 2.18 bits per heavy atom. The van der Waals surface area contributed by atoms with Gasteiger partial charge in [0.25, 0.3) is 0 Å². The van der Waals surface area contributed by atoms with E-state index in [2.05, 4.69) is 49.5 Å². The van der Waals surface area contributed by atoms with E-state index in [-0.39, 0.29) is 35.7 Å². The molecule has 10 rings (SSSR count). The zero-order chi connectivity index (χ0) is 39.2. The summed E-state index contributed by atoms with van der Waals surface area (Å²) in [6.45, 7) is 9.42. The predicted molar refractivity (Wildman–Crippen MR) is 225 cm³/mol. The Morgan fingerprint density at radius 2 is 1.52 bits per heavy atom. The van der Waals surface area contributed by atoms with Crippen LogP contribution in [0.15, 0.2) is 84.4 Å². The second-order valence-corrected chi connectivity index (χ2v) is 19.6. The molecule has 5 saturated carbocycles. The van der Waals surface area contributed by atoms with Crippen LogP contribution in [0.4, 0.5) is 4.79 Å². The fraction of sp³-hybridized carbons (Fsp3) is 0.560. The maximum Gasteiger partial charge on any atom is 0.317 e. The monoisotopic (exact) mass is 756 g/mol. The third-order valence-electron chi connectivity index (χ3n) is 15.0. The minimum Gasteiger partial charge on any atom is -0.393 e. The number of hydrogen-bond acceptors (Lipinski definition) is 4. The highest BCUT2D eigenvalue weighted by molar-refractivity contribution is 6.10. The van der Waals surface area contributed by atoms with Crippen LogP contribution in [0.25, 0.3) is 11.1 Å². The summed E-state index contributed by atoms with van der Waals surface area (Å²) in [5.74, 6) is 2.20. The van der Waals surface area contributed by atoms with Crippen LogP contribution in [-0.4, -0.2) is 57.8 Å². The van der Waals surface area contributed by atoms with Crippen molar-refractivity contribution in [3.63, 3.8) is 0 Å². The predicted octanol–water partition coefficient (Wildman–Crippen LogP) is 10.3. The topological polar surface area (TPSA) is 89.9 Å². The molecular formula is C50H64N2O4. The average Bonchev–Trinajstić information content (AvgIpc) is 3.41. The zero-order valence-corrected chi connectivity index (χ0v) is 34.2. The molecule has 4 atom stereocenters. The Balaban J connectivity index is 1.16. The molecule has 7 aliphatic carbocycles. The van der Waals surface area contributed by atoms with Gasteiger partial charge in [0.1, 0.15) is 0 Å². The van der Waals surface area contributed by atoms with Gasteiger partial charge in [0, 0.05) is 29.1 Å². The standard InChI is InChI=1S/C50H64N2O4/c1-33(2)51-47(55)52(31-49-28-36-23-37(29-49)25-38(24-36)30-49)32-50(56)22-20-45-43-19-13-35(26-42(53)18-12-34(3)9-8-21-48(45,50)4)27-44(43)46(54)41-16-14-40(15-17-41)39-10-6-5-7-11-39/h5-7,9-11,13-17,19,27,33,36-38,42,45,53,56H,8,12,18,20-26,28-32H2,1-4H3,(H,51,55)/t36?,37?,38?,42-,45-,48-,49?,50+/m0/s1. The maximum atomic E-state index is 14.7. The first-order valence-electron chi connectivity index (χ1n) is 21.8. The molecule has 5 fully saturated rings. The summed E-state index contributed by atoms with van der Waals surface area (Å²) >= 11 is 0. The molecule has 0 spiro atoms. The van der Waals surface area contributed by atoms with E-state index in [1.807, 2.05) is 67.3 Å². The van der Waals surface area contributed by atoms with Crippen LogP contribution in [0.2, 0.25) is 0 Å². The van der Waals surface area contributed by atoms with Gasteiger partial charge < -0.3 is 20.4 Å². The van der Waals surface area contributed by atoms with Gasteiger partial charge in [-0.05, 0) is 162 Å². The highest BCUT2D eigenvalue weighted by Crippen LogP contribution is 2.62. The number of nitrogens with zero attached hydrogens (tertiary/aromatic N) is 1. The summed E-state index contributed by atoms with van der Waals surface area (Å²) in [6.07, 6.45) is 14.2. The van der Waals surface area contributed by atoms with E-state index < -0.39 is 17.1 Å². The number of hydrogen-bond donors (Lipinski definition) is 3. The number of rotatable bonds is 8. The largest absolute Gasteiger partial charge is 0.393 e. The Hall–Kier alpha value is -3.74. The van der Waals surface area contributed by atoms with E-state index in [4.69, 9.17) is 0 Å². The molecule has 0 heterocycles. The summed E-state index contributed by atoms with van der Waals surface area (Å²) in [6, 6.07) is 24.3. The SMILES string of the molecule is CC1=CCC[C@@]2(C)[C@@H](CC[C@@]2(O)CN(CC23CC4CC(CC(C4)C2)C3)C(=O)NC(C)C)c2ccc(cc2C(=O)c2ccc(-c3ccccc3)cc2)C[C@@H](O)CC1. The zero-order valence-electron chi connectivity index (χ0n) is 34.2. The number of aliphatic hydroxyl groups is 2. The van der Waals surface area contributed by atoms with Crippen LogP contribution >= 0.6 is 0 Å². The molecule has 3 N–H and O–H groups in total. The average molecular weight is 757 g/mol. The quantitative estimate of drug-likeness (QED) is 0.158. The fourth-order valence-corrected chi connectivity index (χ4v) is 12.5. The Kier molecular flexibility index (Phi) is 10.9. The smallest absolute Gasteiger partial charge is 0.317 e. The lowest BCUT2D eigenvalue weighted by atomic mass is 9.49. The maximum absolute atomic E-state index is 14.7. The number of fused-ring (bicyclic) bond motifs is 8. The second-order valence-electron chi connectivity index (χ2n) is 19.6. The van der Waals surface area contributed by atoms with Gasteiger partial charge in [-0.1, -0.05) is 85.3 Å². The van der Waals surface area contributed by atoms with E-state index in [1.165, 1.54) is 44.1 Å². The van der Waals surface area contributed by atoms with Gasteiger partial charge in [0.2, 0.25) is 0 Å². The van der Waals surface area contributed by atoms with E-state index in [0.29, 0.717) is 36.9 Å². The minimum absolute atomic E-state index is 0.00208. The van der Waals surface area contributed by atoms with Crippen molar-refractivity contribution in [2.45, 2.75) is 135 Å². The molecule has 298 valence electrons. The van der Waals surface area contributed by atoms with Crippen LogP contribution in [0.5, 0.6) is 0 Å². The van der Waals surface area contributed by atoms with Gasteiger partial charge in [-0.3, -0.25) is 4.79 Å². The Morgan fingerprint density at radius 1 is 0.857 bits per heavy atom.